The van der Waals surface area contributed by atoms with Gasteiger partial charge >= 0.3 is 0 Å². The Morgan fingerprint density at radius 1 is 1.37 bits per heavy atom. The van der Waals surface area contributed by atoms with E-state index in [1.165, 1.54) is 32.1 Å². The monoisotopic (exact) mass is 270 g/mol. The van der Waals surface area contributed by atoms with E-state index in [0.29, 0.717) is 5.92 Å². The van der Waals surface area contributed by atoms with Crippen molar-refractivity contribution in [3.8, 4) is 0 Å². The van der Waals surface area contributed by atoms with Crippen LogP contribution in [0.2, 0.25) is 0 Å². The minimum atomic E-state index is -0.0551. The van der Waals surface area contributed by atoms with Gasteiger partial charge < -0.3 is 10.1 Å². The van der Waals surface area contributed by atoms with Crippen molar-refractivity contribution in [3.63, 3.8) is 0 Å². The van der Waals surface area contributed by atoms with E-state index in [4.69, 9.17) is 4.74 Å². The smallest absolute Gasteiger partial charge is 0.237 e. The fourth-order valence-electron chi connectivity index (χ4n) is 2.64. The van der Waals surface area contributed by atoms with Crippen LogP contribution in [-0.4, -0.2) is 50.7 Å². The van der Waals surface area contributed by atoms with Gasteiger partial charge in [0.05, 0.1) is 6.04 Å². The fourth-order valence-corrected chi connectivity index (χ4v) is 2.64. The molecule has 1 unspecified atom stereocenters. The summed E-state index contributed by atoms with van der Waals surface area (Å²) in [5.41, 5.74) is 0. The molecule has 19 heavy (non-hydrogen) atoms. The van der Waals surface area contributed by atoms with E-state index in [1.54, 1.807) is 7.11 Å². The predicted octanol–water partition coefficient (Wildman–Crippen LogP) is 2.04. The van der Waals surface area contributed by atoms with Gasteiger partial charge in [-0.3, -0.25) is 9.69 Å². The van der Waals surface area contributed by atoms with Crippen molar-refractivity contribution in [2.24, 2.45) is 5.92 Å². The molecule has 1 aliphatic carbocycles. The number of ether oxygens (including phenoxy) is 1. The Hall–Kier alpha value is -0.610. The molecule has 0 aromatic carbocycles. The molecule has 0 spiro atoms. The summed E-state index contributed by atoms with van der Waals surface area (Å²) in [6.45, 7) is 4.48. The van der Waals surface area contributed by atoms with Gasteiger partial charge in [0.15, 0.2) is 0 Å². The highest BCUT2D eigenvalue weighted by atomic mass is 16.5. The number of hydrogen-bond donors (Lipinski definition) is 1. The van der Waals surface area contributed by atoms with Crippen molar-refractivity contribution < 1.29 is 9.53 Å². The molecule has 0 bridgehead atoms. The topological polar surface area (TPSA) is 41.6 Å². The largest absolute Gasteiger partial charge is 0.385 e. The zero-order chi connectivity index (χ0) is 14.1. The highest BCUT2D eigenvalue weighted by molar-refractivity contribution is 5.81. The van der Waals surface area contributed by atoms with E-state index in [1.807, 2.05) is 14.0 Å². The molecule has 1 N–H and O–H groups in total. The Bertz CT molecular complexity index is 253. The van der Waals surface area contributed by atoms with Crippen LogP contribution in [0.4, 0.5) is 0 Å². The van der Waals surface area contributed by atoms with Gasteiger partial charge in [0.2, 0.25) is 5.91 Å². The van der Waals surface area contributed by atoms with E-state index in [0.717, 1.165) is 26.1 Å². The molecular weight excluding hydrogens is 240 g/mol. The predicted molar refractivity (Wildman–Crippen MR) is 78.2 cm³/mol. The van der Waals surface area contributed by atoms with Crippen LogP contribution in [0.5, 0.6) is 0 Å². The molecule has 0 aromatic heterocycles. The van der Waals surface area contributed by atoms with Gasteiger partial charge in [-0.1, -0.05) is 19.3 Å². The third-order valence-corrected chi connectivity index (χ3v) is 4.19. The molecule has 1 atom stereocenters. The maximum atomic E-state index is 12.1. The number of hydrogen-bond acceptors (Lipinski definition) is 3. The highest BCUT2D eigenvalue weighted by Crippen LogP contribution is 2.22. The first kappa shape index (κ1) is 16.4. The van der Waals surface area contributed by atoms with Gasteiger partial charge in [-0.25, -0.2) is 0 Å². The lowest BCUT2D eigenvalue weighted by Crippen LogP contribution is -2.45. The van der Waals surface area contributed by atoms with Gasteiger partial charge in [-0.15, -0.1) is 0 Å². The Labute approximate surface area is 117 Å². The minimum Gasteiger partial charge on any atom is -0.385 e. The lowest BCUT2D eigenvalue weighted by molar-refractivity contribution is -0.125. The maximum Gasteiger partial charge on any atom is 0.237 e. The summed E-state index contributed by atoms with van der Waals surface area (Å²) in [4.78, 5) is 14.2. The normalized spacial score (nSPS) is 18.5. The molecule has 0 aliphatic heterocycles. The first-order valence-electron chi connectivity index (χ1n) is 7.62. The summed E-state index contributed by atoms with van der Waals surface area (Å²) in [5.74, 6) is 0.856. The van der Waals surface area contributed by atoms with Crippen LogP contribution < -0.4 is 5.32 Å². The van der Waals surface area contributed by atoms with Crippen LogP contribution in [0, 0.1) is 5.92 Å². The number of nitrogens with one attached hydrogen (secondary N) is 1. The second-order valence-corrected chi connectivity index (χ2v) is 5.75. The maximum absolute atomic E-state index is 12.1. The third kappa shape index (κ3) is 6.39. The van der Waals surface area contributed by atoms with E-state index in [2.05, 4.69) is 10.2 Å². The van der Waals surface area contributed by atoms with Crippen LogP contribution >= 0.6 is 0 Å². The second kappa shape index (κ2) is 9.32. The first-order chi connectivity index (χ1) is 9.15. The van der Waals surface area contributed by atoms with Crippen LogP contribution in [0.15, 0.2) is 0 Å². The van der Waals surface area contributed by atoms with Gasteiger partial charge in [0, 0.05) is 26.8 Å². The van der Waals surface area contributed by atoms with E-state index < -0.39 is 0 Å². The second-order valence-electron chi connectivity index (χ2n) is 5.75. The summed E-state index contributed by atoms with van der Waals surface area (Å²) >= 11 is 0. The molecule has 0 aromatic rings. The average Bonchev–Trinajstić information content (AvgIpc) is 2.45. The summed E-state index contributed by atoms with van der Waals surface area (Å²) in [6.07, 6.45) is 7.53. The number of nitrogens with zero attached hydrogens (tertiary/aromatic N) is 1. The molecule has 112 valence electrons. The quantitative estimate of drug-likeness (QED) is 0.686. The summed E-state index contributed by atoms with van der Waals surface area (Å²) in [6, 6.07) is -0.0551. The molecule has 4 heteroatoms. The van der Waals surface area contributed by atoms with E-state index in [-0.39, 0.29) is 11.9 Å². The number of carbonyl (C=O) groups is 1. The van der Waals surface area contributed by atoms with E-state index in [9.17, 15) is 4.79 Å². The molecule has 1 saturated carbocycles. The summed E-state index contributed by atoms with van der Waals surface area (Å²) in [5, 5.41) is 3.11. The van der Waals surface area contributed by atoms with Crippen molar-refractivity contribution in [2.45, 2.75) is 51.5 Å². The van der Waals surface area contributed by atoms with Crippen molar-refractivity contribution in [3.05, 3.63) is 0 Å². The minimum absolute atomic E-state index is 0.0551. The third-order valence-electron chi connectivity index (χ3n) is 4.19. The number of rotatable bonds is 8. The number of likely N-dealkylation sites (N-methyl/N-ethyl adjacent to an activating group) is 1. The molecule has 1 aliphatic rings. The number of carbonyl (C=O) groups excluding carboxylic acids is 1. The molecule has 0 heterocycles. The zero-order valence-electron chi connectivity index (χ0n) is 12.8. The molecule has 1 amide bonds. The van der Waals surface area contributed by atoms with Gasteiger partial charge in [0.1, 0.15) is 0 Å². The van der Waals surface area contributed by atoms with Crippen molar-refractivity contribution in [2.75, 3.05) is 33.9 Å². The highest BCUT2D eigenvalue weighted by Gasteiger charge is 2.19. The van der Waals surface area contributed by atoms with Crippen molar-refractivity contribution in [1.29, 1.82) is 0 Å². The fraction of sp³-hybridized carbons (Fsp3) is 0.933. The molecule has 1 fully saturated rings. The average molecular weight is 270 g/mol. The van der Waals surface area contributed by atoms with Crippen molar-refractivity contribution >= 4 is 5.91 Å². The SMILES string of the molecule is COCCCN(C)C(C)C(=O)NCC1CCCCC1. The van der Waals surface area contributed by atoms with Gasteiger partial charge in [-0.2, -0.15) is 0 Å². The number of amides is 1. The lowest BCUT2D eigenvalue weighted by atomic mass is 9.89. The van der Waals surface area contributed by atoms with Crippen LogP contribution in [0.25, 0.3) is 0 Å². The zero-order valence-corrected chi connectivity index (χ0v) is 12.8. The summed E-state index contributed by atoms with van der Waals surface area (Å²) < 4.78 is 5.03. The molecular formula is C15H30N2O2. The van der Waals surface area contributed by atoms with Crippen LogP contribution in [0.1, 0.15) is 45.4 Å². The Kier molecular flexibility index (Phi) is 8.07. The Morgan fingerprint density at radius 2 is 2.05 bits per heavy atom. The van der Waals surface area contributed by atoms with E-state index >= 15 is 0 Å². The Balaban J connectivity index is 2.19. The van der Waals surface area contributed by atoms with Gasteiger partial charge in [0.25, 0.3) is 0 Å². The molecule has 0 saturated heterocycles. The standard InChI is InChI=1S/C15H30N2O2/c1-13(17(2)10-7-11-19-3)15(18)16-12-14-8-5-4-6-9-14/h13-14H,4-12H2,1-3H3,(H,16,18). The van der Waals surface area contributed by atoms with Crippen LogP contribution in [-0.2, 0) is 9.53 Å². The molecule has 4 nitrogen and oxygen atoms in total. The Morgan fingerprint density at radius 3 is 2.68 bits per heavy atom. The number of methoxy groups -OCH3 is 1. The van der Waals surface area contributed by atoms with Crippen molar-refractivity contribution in [1.82, 2.24) is 10.2 Å². The molecule has 1 rings (SSSR count). The lowest BCUT2D eigenvalue weighted by Gasteiger charge is -2.26. The van der Waals surface area contributed by atoms with Gasteiger partial charge in [-0.05, 0) is 39.2 Å². The first-order valence-corrected chi connectivity index (χ1v) is 7.62. The molecule has 0 radical (unpaired) electrons. The van der Waals surface area contributed by atoms with Crippen LogP contribution in [0.3, 0.4) is 0 Å². The summed E-state index contributed by atoms with van der Waals surface area (Å²) in [7, 11) is 3.71.